The first-order chi connectivity index (χ1) is 6.56. The highest BCUT2D eigenvalue weighted by Gasteiger charge is 2.07. The summed E-state index contributed by atoms with van der Waals surface area (Å²) < 4.78 is 0. The summed E-state index contributed by atoms with van der Waals surface area (Å²) in [6.45, 7) is 8.47. The largest absolute Gasteiger partial charge is 0.380 e. The molecule has 0 saturated carbocycles. The third kappa shape index (κ3) is 8.13. The van der Waals surface area contributed by atoms with Crippen LogP contribution >= 0.6 is 0 Å². The highest BCUT2D eigenvalue weighted by atomic mass is 16.3. The summed E-state index contributed by atoms with van der Waals surface area (Å²) in [6, 6.07) is 0. The van der Waals surface area contributed by atoms with Gasteiger partial charge in [-0.25, -0.2) is 0 Å². The lowest BCUT2D eigenvalue weighted by molar-refractivity contribution is 0.195. The SMILES string of the molecule is CC#CC(O)CC(C)CCCC(C)C. The molecule has 82 valence electrons. The van der Waals surface area contributed by atoms with Crippen LogP contribution in [0.1, 0.15) is 53.4 Å². The van der Waals surface area contributed by atoms with E-state index in [0.29, 0.717) is 5.92 Å². The van der Waals surface area contributed by atoms with E-state index in [-0.39, 0.29) is 0 Å². The van der Waals surface area contributed by atoms with Crippen molar-refractivity contribution in [1.82, 2.24) is 0 Å². The maximum absolute atomic E-state index is 9.45. The number of hydrogen-bond acceptors (Lipinski definition) is 1. The van der Waals surface area contributed by atoms with Gasteiger partial charge in [-0.2, -0.15) is 0 Å². The third-order valence-corrected chi connectivity index (χ3v) is 2.41. The highest BCUT2D eigenvalue weighted by Crippen LogP contribution is 2.16. The molecule has 1 heteroatoms. The normalized spacial score (nSPS) is 14.7. The molecular weight excluding hydrogens is 172 g/mol. The molecule has 0 rings (SSSR count). The van der Waals surface area contributed by atoms with Gasteiger partial charge in [0.15, 0.2) is 0 Å². The highest BCUT2D eigenvalue weighted by molar-refractivity contribution is 5.01. The van der Waals surface area contributed by atoms with Crippen molar-refractivity contribution in [3.63, 3.8) is 0 Å². The standard InChI is InChI=1S/C13H24O/c1-5-7-13(14)10-12(4)9-6-8-11(2)3/h11-14H,6,8-10H2,1-4H3. The Morgan fingerprint density at radius 1 is 1.14 bits per heavy atom. The molecule has 0 aromatic heterocycles. The van der Waals surface area contributed by atoms with Gasteiger partial charge in [0.2, 0.25) is 0 Å². The second kappa shape index (κ2) is 7.88. The predicted molar refractivity (Wildman–Crippen MR) is 61.9 cm³/mol. The summed E-state index contributed by atoms with van der Waals surface area (Å²) in [7, 11) is 0. The zero-order valence-corrected chi connectivity index (χ0v) is 10.0. The zero-order valence-electron chi connectivity index (χ0n) is 10.0. The number of hydrogen-bond donors (Lipinski definition) is 1. The Bertz CT molecular complexity index is 185. The van der Waals surface area contributed by atoms with Crippen molar-refractivity contribution in [3.8, 4) is 11.8 Å². The zero-order chi connectivity index (χ0) is 11.0. The van der Waals surface area contributed by atoms with E-state index in [2.05, 4.69) is 32.6 Å². The van der Waals surface area contributed by atoms with Crippen LogP contribution in [-0.4, -0.2) is 11.2 Å². The molecule has 0 heterocycles. The fraction of sp³-hybridized carbons (Fsp3) is 0.846. The number of aliphatic hydroxyl groups excluding tert-OH is 1. The van der Waals surface area contributed by atoms with E-state index in [1.54, 1.807) is 6.92 Å². The topological polar surface area (TPSA) is 20.2 Å². The summed E-state index contributed by atoms with van der Waals surface area (Å²) in [6.07, 6.45) is 4.17. The van der Waals surface area contributed by atoms with Crippen molar-refractivity contribution in [2.24, 2.45) is 11.8 Å². The molecular formula is C13H24O. The fourth-order valence-corrected chi connectivity index (χ4v) is 1.60. The molecule has 0 fully saturated rings. The van der Waals surface area contributed by atoms with Crippen LogP contribution in [0.25, 0.3) is 0 Å². The van der Waals surface area contributed by atoms with E-state index in [1.165, 1.54) is 19.3 Å². The first-order valence-corrected chi connectivity index (χ1v) is 5.66. The molecule has 0 aliphatic carbocycles. The molecule has 0 saturated heterocycles. The first kappa shape index (κ1) is 13.5. The molecule has 1 N–H and O–H groups in total. The summed E-state index contributed by atoms with van der Waals surface area (Å²) in [5.41, 5.74) is 0. The number of aliphatic hydroxyl groups is 1. The maximum atomic E-state index is 9.45. The van der Waals surface area contributed by atoms with Crippen molar-refractivity contribution in [1.29, 1.82) is 0 Å². The molecule has 0 aromatic carbocycles. The average molecular weight is 196 g/mol. The van der Waals surface area contributed by atoms with Crippen LogP contribution in [0.5, 0.6) is 0 Å². The molecule has 0 amide bonds. The van der Waals surface area contributed by atoms with E-state index in [0.717, 1.165) is 12.3 Å². The summed E-state index contributed by atoms with van der Waals surface area (Å²) in [4.78, 5) is 0. The Balaban J connectivity index is 3.53. The number of rotatable bonds is 6. The van der Waals surface area contributed by atoms with Gasteiger partial charge < -0.3 is 5.11 Å². The summed E-state index contributed by atoms with van der Waals surface area (Å²) in [5.74, 6) is 6.91. The van der Waals surface area contributed by atoms with Crippen LogP contribution in [0.4, 0.5) is 0 Å². The maximum Gasteiger partial charge on any atom is 0.115 e. The lowest BCUT2D eigenvalue weighted by atomic mass is 9.95. The summed E-state index contributed by atoms with van der Waals surface area (Å²) in [5, 5.41) is 9.45. The van der Waals surface area contributed by atoms with Gasteiger partial charge in [-0.3, -0.25) is 0 Å². The molecule has 0 radical (unpaired) electrons. The lowest BCUT2D eigenvalue weighted by Crippen LogP contribution is -2.09. The van der Waals surface area contributed by atoms with E-state index >= 15 is 0 Å². The van der Waals surface area contributed by atoms with E-state index in [1.807, 2.05) is 0 Å². The monoisotopic (exact) mass is 196 g/mol. The van der Waals surface area contributed by atoms with Crippen molar-refractivity contribution in [2.45, 2.75) is 59.5 Å². The molecule has 0 aliphatic rings. The lowest BCUT2D eigenvalue weighted by Gasteiger charge is -2.13. The molecule has 2 atom stereocenters. The van der Waals surface area contributed by atoms with Crippen molar-refractivity contribution in [3.05, 3.63) is 0 Å². The van der Waals surface area contributed by atoms with E-state index in [9.17, 15) is 5.11 Å². The van der Waals surface area contributed by atoms with Gasteiger partial charge in [0.05, 0.1) is 0 Å². The molecule has 0 spiro atoms. The Kier molecular flexibility index (Phi) is 7.61. The van der Waals surface area contributed by atoms with Crippen LogP contribution < -0.4 is 0 Å². The second-order valence-electron chi connectivity index (χ2n) is 4.58. The Labute approximate surface area is 88.9 Å². The van der Waals surface area contributed by atoms with Crippen molar-refractivity contribution >= 4 is 0 Å². The molecule has 2 unspecified atom stereocenters. The fourth-order valence-electron chi connectivity index (χ4n) is 1.60. The van der Waals surface area contributed by atoms with Crippen molar-refractivity contribution < 1.29 is 5.11 Å². The van der Waals surface area contributed by atoms with Crippen LogP contribution in [0.3, 0.4) is 0 Å². The van der Waals surface area contributed by atoms with Crippen LogP contribution in [0.15, 0.2) is 0 Å². The van der Waals surface area contributed by atoms with Gasteiger partial charge in [-0.1, -0.05) is 46.0 Å². The molecule has 0 aromatic rings. The molecule has 0 bridgehead atoms. The summed E-state index contributed by atoms with van der Waals surface area (Å²) >= 11 is 0. The minimum atomic E-state index is -0.422. The molecule has 1 nitrogen and oxygen atoms in total. The molecule has 14 heavy (non-hydrogen) atoms. The average Bonchev–Trinajstić information content (AvgIpc) is 2.03. The van der Waals surface area contributed by atoms with Gasteiger partial charge in [0.1, 0.15) is 6.10 Å². The minimum Gasteiger partial charge on any atom is -0.380 e. The van der Waals surface area contributed by atoms with Gasteiger partial charge in [-0.05, 0) is 25.2 Å². The van der Waals surface area contributed by atoms with Gasteiger partial charge in [-0.15, -0.1) is 5.92 Å². The quantitative estimate of drug-likeness (QED) is 0.647. The molecule has 0 aliphatic heterocycles. The van der Waals surface area contributed by atoms with E-state index in [4.69, 9.17) is 0 Å². The second-order valence-corrected chi connectivity index (χ2v) is 4.58. The predicted octanol–water partition coefficient (Wildman–Crippen LogP) is 3.22. The van der Waals surface area contributed by atoms with Crippen LogP contribution in [0, 0.1) is 23.7 Å². The Morgan fingerprint density at radius 2 is 1.79 bits per heavy atom. The third-order valence-electron chi connectivity index (χ3n) is 2.41. The van der Waals surface area contributed by atoms with Crippen molar-refractivity contribution in [2.75, 3.05) is 0 Å². The van der Waals surface area contributed by atoms with E-state index < -0.39 is 6.10 Å². The first-order valence-electron chi connectivity index (χ1n) is 5.66. The van der Waals surface area contributed by atoms with Crippen LogP contribution in [-0.2, 0) is 0 Å². The van der Waals surface area contributed by atoms with Crippen LogP contribution in [0.2, 0.25) is 0 Å². The minimum absolute atomic E-state index is 0.422. The van der Waals surface area contributed by atoms with Gasteiger partial charge in [0, 0.05) is 0 Å². The smallest absolute Gasteiger partial charge is 0.115 e. The Morgan fingerprint density at radius 3 is 2.29 bits per heavy atom. The van der Waals surface area contributed by atoms with Gasteiger partial charge in [0.25, 0.3) is 0 Å². The Hall–Kier alpha value is -0.480. The van der Waals surface area contributed by atoms with Gasteiger partial charge >= 0.3 is 0 Å².